The zero-order chi connectivity index (χ0) is 11.0. The molecule has 0 atom stereocenters. The van der Waals surface area contributed by atoms with Crippen molar-refractivity contribution < 1.29 is 8.78 Å². The molecule has 0 unspecified atom stereocenters. The second-order valence-electron chi connectivity index (χ2n) is 3.10. The Morgan fingerprint density at radius 2 is 2.20 bits per heavy atom. The lowest BCUT2D eigenvalue weighted by atomic mass is 10.3. The third kappa shape index (κ3) is 1.94. The molecule has 0 saturated carbocycles. The number of hydrogen-bond donors (Lipinski definition) is 1. The number of alkyl halides is 2. The number of benzene rings is 1. The zero-order valence-corrected chi connectivity index (χ0v) is 9.21. The van der Waals surface area contributed by atoms with Crippen LogP contribution in [0.25, 0.3) is 11.0 Å². The van der Waals surface area contributed by atoms with Gasteiger partial charge in [0.15, 0.2) is 0 Å². The molecular weight excluding hydrogens is 268 g/mol. The molecule has 1 aromatic heterocycles. The molecule has 2 N–H and O–H groups in total. The molecule has 0 spiro atoms. The first-order chi connectivity index (χ1) is 7.08. The highest BCUT2D eigenvalue weighted by Gasteiger charge is 2.12. The molecule has 0 aliphatic carbocycles. The van der Waals surface area contributed by atoms with Crippen LogP contribution in [0.3, 0.4) is 0 Å². The Morgan fingerprint density at radius 1 is 1.47 bits per heavy atom. The maximum Gasteiger partial charge on any atom is 0.256 e. The van der Waals surface area contributed by atoms with Crippen molar-refractivity contribution in [1.29, 1.82) is 0 Å². The third-order valence-electron chi connectivity index (χ3n) is 2.06. The molecule has 0 aliphatic rings. The van der Waals surface area contributed by atoms with Crippen molar-refractivity contribution in [1.82, 2.24) is 9.55 Å². The highest BCUT2D eigenvalue weighted by molar-refractivity contribution is 9.10. The lowest BCUT2D eigenvalue weighted by molar-refractivity contribution is 0.128. The number of hydrogen-bond acceptors (Lipinski definition) is 2. The van der Waals surface area contributed by atoms with Crippen LogP contribution in [0.4, 0.5) is 14.7 Å². The van der Waals surface area contributed by atoms with Crippen molar-refractivity contribution in [3.05, 3.63) is 22.7 Å². The Kier molecular flexibility index (Phi) is 2.60. The molecule has 1 heterocycles. The molecule has 0 bridgehead atoms. The maximum absolute atomic E-state index is 12.3. The van der Waals surface area contributed by atoms with E-state index < -0.39 is 13.0 Å². The molecule has 0 saturated heterocycles. The second kappa shape index (κ2) is 3.77. The summed E-state index contributed by atoms with van der Waals surface area (Å²) in [4.78, 5) is 4.00. The molecule has 15 heavy (non-hydrogen) atoms. The molecular formula is C9H8BrF2N3. The van der Waals surface area contributed by atoms with Gasteiger partial charge in [0.1, 0.15) is 0 Å². The number of halogens is 3. The van der Waals surface area contributed by atoms with Crippen LogP contribution in [0.5, 0.6) is 0 Å². The minimum absolute atomic E-state index is 0.114. The van der Waals surface area contributed by atoms with E-state index in [1.807, 2.05) is 0 Å². The topological polar surface area (TPSA) is 43.8 Å². The number of nitrogens with two attached hydrogens (primary N) is 1. The van der Waals surface area contributed by atoms with Crippen LogP contribution in [0.2, 0.25) is 0 Å². The van der Waals surface area contributed by atoms with Crippen LogP contribution in [0, 0.1) is 0 Å². The van der Waals surface area contributed by atoms with Gasteiger partial charge >= 0.3 is 0 Å². The minimum Gasteiger partial charge on any atom is -0.369 e. The summed E-state index contributed by atoms with van der Waals surface area (Å²) < 4.78 is 26.7. The van der Waals surface area contributed by atoms with Crippen molar-refractivity contribution in [2.75, 3.05) is 5.73 Å². The first kappa shape index (κ1) is 10.4. The molecule has 0 fully saturated rings. The number of anilines is 1. The number of nitrogen functional groups attached to an aromatic ring is 1. The highest BCUT2D eigenvalue weighted by Crippen LogP contribution is 2.22. The fourth-order valence-corrected chi connectivity index (χ4v) is 1.80. The number of fused-ring (bicyclic) bond motifs is 1. The average molecular weight is 276 g/mol. The van der Waals surface area contributed by atoms with Crippen molar-refractivity contribution >= 4 is 32.9 Å². The van der Waals surface area contributed by atoms with E-state index in [0.717, 1.165) is 4.47 Å². The predicted molar refractivity (Wildman–Crippen MR) is 57.8 cm³/mol. The standard InChI is InChI=1S/C9H8BrF2N3/c10-5-1-2-7-6(3-5)14-9(13)15(7)4-8(11)12/h1-3,8H,4H2,(H2,13,14). The molecule has 2 rings (SSSR count). The Morgan fingerprint density at radius 3 is 2.87 bits per heavy atom. The predicted octanol–water partition coefficient (Wildman–Crippen LogP) is 2.65. The molecule has 6 heteroatoms. The van der Waals surface area contributed by atoms with Gasteiger partial charge in [-0.3, -0.25) is 0 Å². The molecule has 2 aromatic rings. The van der Waals surface area contributed by atoms with Crippen LogP contribution in [-0.4, -0.2) is 16.0 Å². The van der Waals surface area contributed by atoms with Crippen LogP contribution in [0.15, 0.2) is 22.7 Å². The average Bonchev–Trinajstić information content (AvgIpc) is 2.41. The second-order valence-corrected chi connectivity index (χ2v) is 4.02. The van der Waals surface area contributed by atoms with Gasteiger partial charge < -0.3 is 10.3 Å². The van der Waals surface area contributed by atoms with Gasteiger partial charge in [-0.15, -0.1) is 0 Å². The normalized spacial score (nSPS) is 11.5. The van der Waals surface area contributed by atoms with E-state index in [1.54, 1.807) is 18.2 Å². The molecule has 80 valence electrons. The molecule has 1 aromatic carbocycles. The van der Waals surface area contributed by atoms with Crippen LogP contribution in [0.1, 0.15) is 0 Å². The summed E-state index contributed by atoms with van der Waals surface area (Å²) in [6, 6.07) is 5.23. The molecule has 0 amide bonds. The zero-order valence-electron chi connectivity index (χ0n) is 7.62. The monoisotopic (exact) mass is 275 g/mol. The van der Waals surface area contributed by atoms with E-state index >= 15 is 0 Å². The summed E-state index contributed by atoms with van der Waals surface area (Å²) >= 11 is 3.28. The lowest BCUT2D eigenvalue weighted by Gasteiger charge is -2.04. The van der Waals surface area contributed by atoms with Gasteiger partial charge in [-0.25, -0.2) is 13.8 Å². The SMILES string of the molecule is Nc1nc2cc(Br)ccc2n1CC(F)F. The summed E-state index contributed by atoms with van der Waals surface area (Å²) in [5.41, 5.74) is 6.79. The van der Waals surface area contributed by atoms with Gasteiger partial charge in [-0.05, 0) is 18.2 Å². The first-order valence-electron chi connectivity index (χ1n) is 4.27. The Bertz CT molecular complexity index is 495. The van der Waals surface area contributed by atoms with E-state index in [1.165, 1.54) is 4.57 Å². The number of rotatable bonds is 2. The van der Waals surface area contributed by atoms with E-state index in [2.05, 4.69) is 20.9 Å². The van der Waals surface area contributed by atoms with Gasteiger partial charge in [-0.2, -0.15) is 0 Å². The summed E-state index contributed by atoms with van der Waals surface area (Å²) in [6.45, 7) is -0.427. The molecule has 3 nitrogen and oxygen atoms in total. The van der Waals surface area contributed by atoms with Gasteiger partial charge in [-0.1, -0.05) is 15.9 Å². The van der Waals surface area contributed by atoms with Crippen molar-refractivity contribution in [3.8, 4) is 0 Å². The minimum atomic E-state index is -2.44. The lowest BCUT2D eigenvalue weighted by Crippen LogP contribution is -2.09. The van der Waals surface area contributed by atoms with Crippen molar-refractivity contribution in [2.24, 2.45) is 0 Å². The number of aromatic nitrogens is 2. The first-order valence-corrected chi connectivity index (χ1v) is 5.06. The fourth-order valence-electron chi connectivity index (χ4n) is 1.45. The highest BCUT2D eigenvalue weighted by atomic mass is 79.9. The van der Waals surface area contributed by atoms with Crippen LogP contribution in [-0.2, 0) is 6.54 Å². The van der Waals surface area contributed by atoms with Crippen LogP contribution >= 0.6 is 15.9 Å². The summed E-state index contributed by atoms with van der Waals surface area (Å²) in [7, 11) is 0. The number of nitrogens with zero attached hydrogens (tertiary/aromatic N) is 2. The maximum atomic E-state index is 12.3. The van der Waals surface area contributed by atoms with Gasteiger partial charge in [0.25, 0.3) is 6.43 Å². The van der Waals surface area contributed by atoms with Gasteiger partial charge in [0, 0.05) is 4.47 Å². The van der Waals surface area contributed by atoms with E-state index in [4.69, 9.17) is 5.73 Å². The van der Waals surface area contributed by atoms with E-state index in [0.29, 0.717) is 11.0 Å². The summed E-state index contributed by atoms with van der Waals surface area (Å²) in [5.74, 6) is 0.114. The van der Waals surface area contributed by atoms with E-state index in [-0.39, 0.29) is 5.95 Å². The fraction of sp³-hybridized carbons (Fsp3) is 0.222. The summed E-state index contributed by atoms with van der Waals surface area (Å²) in [5, 5.41) is 0. The van der Waals surface area contributed by atoms with Crippen LogP contribution < -0.4 is 5.73 Å². The Labute approximate surface area is 93.0 Å². The molecule has 0 radical (unpaired) electrons. The van der Waals surface area contributed by atoms with Crippen molar-refractivity contribution in [3.63, 3.8) is 0 Å². The quantitative estimate of drug-likeness (QED) is 0.916. The Hall–Kier alpha value is -1.17. The smallest absolute Gasteiger partial charge is 0.256 e. The third-order valence-corrected chi connectivity index (χ3v) is 2.55. The number of imidazole rings is 1. The largest absolute Gasteiger partial charge is 0.369 e. The van der Waals surface area contributed by atoms with Crippen molar-refractivity contribution in [2.45, 2.75) is 13.0 Å². The van der Waals surface area contributed by atoms with E-state index in [9.17, 15) is 8.78 Å². The van der Waals surface area contributed by atoms with Gasteiger partial charge in [0.2, 0.25) is 5.95 Å². The molecule has 0 aliphatic heterocycles. The summed E-state index contributed by atoms with van der Waals surface area (Å²) in [6.07, 6.45) is -2.44. The van der Waals surface area contributed by atoms with Gasteiger partial charge in [0.05, 0.1) is 17.6 Å². The Balaban J connectivity index is 2.58.